The van der Waals surface area contributed by atoms with E-state index in [1.165, 1.54) is 18.3 Å². The molecular formula is C23H20N4O2. The van der Waals surface area contributed by atoms with Crippen molar-refractivity contribution in [2.75, 3.05) is 10.6 Å². The van der Waals surface area contributed by atoms with Crippen molar-refractivity contribution in [3.8, 4) is 6.07 Å². The number of hydrogen-bond acceptors (Lipinski definition) is 4. The van der Waals surface area contributed by atoms with Crippen LogP contribution in [-0.4, -0.2) is 16.8 Å². The number of hydrogen-bond donors (Lipinski definition) is 2. The number of nitriles is 1. The fourth-order valence-corrected chi connectivity index (χ4v) is 3.08. The number of aromatic nitrogens is 1. The quantitative estimate of drug-likeness (QED) is 0.698. The van der Waals surface area contributed by atoms with E-state index < -0.39 is 0 Å². The summed E-state index contributed by atoms with van der Waals surface area (Å²) in [5.41, 5.74) is 5.32. The summed E-state index contributed by atoms with van der Waals surface area (Å²) in [5.74, 6) is -0.748. The number of aryl methyl sites for hydroxylation is 3. The van der Waals surface area contributed by atoms with E-state index in [4.69, 9.17) is 5.26 Å². The van der Waals surface area contributed by atoms with Crippen molar-refractivity contribution in [3.05, 3.63) is 88.2 Å². The Morgan fingerprint density at radius 3 is 2.17 bits per heavy atom. The summed E-state index contributed by atoms with van der Waals surface area (Å²) in [5, 5.41) is 14.5. The highest BCUT2D eigenvalue weighted by molar-refractivity contribution is 6.08. The van der Waals surface area contributed by atoms with Crippen LogP contribution in [0.1, 0.15) is 43.1 Å². The summed E-state index contributed by atoms with van der Waals surface area (Å²) in [7, 11) is 0. The lowest BCUT2D eigenvalue weighted by atomic mass is 10.0. The lowest BCUT2D eigenvalue weighted by Gasteiger charge is -2.13. The van der Waals surface area contributed by atoms with E-state index in [1.807, 2.05) is 39.0 Å². The first-order chi connectivity index (χ1) is 13.9. The number of anilines is 2. The van der Waals surface area contributed by atoms with Gasteiger partial charge in [-0.25, -0.2) is 0 Å². The molecule has 0 saturated carbocycles. The number of pyridine rings is 1. The molecule has 29 heavy (non-hydrogen) atoms. The van der Waals surface area contributed by atoms with Crippen molar-refractivity contribution in [2.24, 2.45) is 0 Å². The van der Waals surface area contributed by atoms with Gasteiger partial charge in [0.1, 0.15) is 5.69 Å². The van der Waals surface area contributed by atoms with Crippen LogP contribution in [0.3, 0.4) is 0 Å². The molecule has 2 N–H and O–H groups in total. The maximum absolute atomic E-state index is 12.7. The summed E-state index contributed by atoms with van der Waals surface area (Å²) < 4.78 is 0. The zero-order chi connectivity index (χ0) is 21.0. The van der Waals surface area contributed by atoms with Crippen LogP contribution in [0.15, 0.2) is 54.7 Å². The second-order valence-electron chi connectivity index (χ2n) is 6.80. The molecule has 1 aromatic heterocycles. The summed E-state index contributed by atoms with van der Waals surface area (Å²) in [6.45, 7) is 5.87. The topological polar surface area (TPSA) is 94.9 Å². The van der Waals surface area contributed by atoms with Gasteiger partial charge in [0.05, 0.1) is 11.6 Å². The number of carbonyl (C=O) groups is 2. The second kappa shape index (κ2) is 8.36. The van der Waals surface area contributed by atoms with Crippen LogP contribution in [0.25, 0.3) is 0 Å². The Morgan fingerprint density at radius 2 is 1.55 bits per heavy atom. The van der Waals surface area contributed by atoms with Crippen molar-refractivity contribution in [1.29, 1.82) is 5.26 Å². The van der Waals surface area contributed by atoms with E-state index in [0.717, 1.165) is 22.4 Å². The minimum absolute atomic E-state index is 0.150. The largest absolute Gasteiger partial charge is 0.322 e. The van der Waals surface area contributed by atoms with Gasteiger partial charge in [0, 0.05) is 23.1 Å². The molecule has 0 aliphatic carbocycles. The molecular weight excluding hydrogens is 364 g/mol. The van der Waals surface area contributed by atoms with Gasteiger partial charge in [-0.15, -0.1) is 0 Å². The molecule has 0 unspecified atom stereocenters. The molecule has 3 aromatic rings. The molecule has 1 heterocycles. The molecule has 0 spiro atoms. The fourth-order valence-electron chi connectivity index (χ4n) is 3.08. The average molecular weight is 384 g/mol. The molecule has 0 atom stereocenters. The number of carbonyl (C=O) groups excluding carboxylic acids is 2. The molecule has 144 valence electrons. The maximum atomic E-state index is 12.7. The Bertz CT molecular complexity index is 1110. The Kier molecular flexibility index (Phi) is 5.70. The van der Waals surface area contributed by atoms with Gasteiger partial charge in [-0.2, -0.15) is 5.26 Å². The number of benzene rings is 2. The number of rotatable bonds is 4. The molecule has 0 bridgehead atoms. The SMILES string of the molecule is Cc1cc(C)c(NC(=O)c2cc(C(=O)Nc3ccc(C#N)cc3)ccn2)c(C)c1. The highest BCUT2D eigenvalue weighted by Crippen LogP contribution is 2.22. The van der Waals surface area contributed by atoms with Crippen LogP contribution in [0.4, 0.5) is 11.4 Å². The molecule has 2 aromatic carbocycles. The maximum Gasteiger partial charge on any atom is 0.274 e. The summed E-state index contributed by atoms with van der Waals surface area (Å²) in [6, 6.07) is 15.5. The van der Waals surface area contributed by atoms with Gasteiger partial charge in [0.2, 0.25) is 0 Å². The van der Waals surface area contributed by atoms with Crippen molar-refractivity contribution in [3.63, 3.8) is 0 Å². The monoisotopic (exact) mass is 384 g/mol. The van der Waals surface area contributed by atoms with Crippen LogP contribution in [0.2, 0.25) is 0 Å². The smallest absolute Gasteiger partial charge is 0.274 e. The summed E-state index contributed by atoms with van der Waals surface area (Å²) in [6.07, 6.45) is 1.43. The third-order valence-electron chi connectivity index (χ3n) is 4.44. The highest BCUT2D eigenvalue weighted by Gasteiger charge is 2.14. The van der Waals surface area contributed by atoms with Gasteiger partial charge in [-0.3, -0.25) is 14.6 Å². The Labute approximate surface area is 169 Å². The lowest BCUT2D eigenvalue weighted by Crippen LogP contribution is -2.18. The number of amides is 2. The van der Waals surface area contributed by atoms with E-state index in [0.29, 0.717) is 16.8 Å². The summed E-state index contributed by atoms with van der Waals surface area (Å²) >= 11 is 0. The summed E-state index contributed by atoms with van der Waals surface area (Å²) in [4.78, 5) is 29.3. The fraction of sp³-hybridized carbons (Fsp3) is 0.130. The minimum atomic E-state index is -0.381. The van der Waals surface area contributed by atoms with Gasteiger partial charge in [-0.1, -0.05) is 17.7 Å². The van der Waals surface area contributed by atoms with Gasteiger partial charge in [0.15, 0.2) is 0 Å². The van der Waals surface area contributed by atoms with Crippen molar-refractivity contribution < 1.29 is 9.59 Å². The Hall–Kier alpha value is -3.98. The van der Waals surface area contributed by atoms with E-state index in [1.54, 1.807) is 24.3 Å². The van der Waals surface area contributed by atoms with Gasteiger partial charge in [0.25, 0.3) is 11.8 Å². The van der Waals surface area contributed by atoms with Crippen molar-refractivity contribution >= 4 is 23.2 Å². The molecule has 6 heteroatoms. The predicted octanol–water partition coefficient (Wildman–Crippen LogP) is 4.38. The van der Waals surface area contributed by atoms with Crippen LogP contribution >= 0.6 is 0 Å². The van der Waals surface area contributed by atoms with Crippen LogP contribution in [-0.2, 0) is 0 Å². The number of nitrogens with one attached hydrogen (secondary N) is 2. The Morgan fingerprint density at radius 1 is 0.897 bits per heavy atom. The zero-order valence-electron chi connectivity index (χ0n) is 16.4. The van der Waals surface area contributed by atoms with Crippen LogP contribution in [0, 0.1) is 32.1 Å². The van der Waals surface area contributed by atoms with E-state index in [-0.39, 0.29) is 17.5 Å². The Balaban J connectivity index is 1.77. The minimum Gasteiger partial charge on any atom is -0.322 e. The lowest BCUT2D eigenvalue weighted by molar-refractivity contribution is 0.102. The van der Waals surface area contributed by atoms with Crippen molar-refractivity contribution in [2.45, 2.75) is 20.8 Å². The predicted molar refractivity (Wildman–Crippen MR) is 112 cm³/mol. The molecule has 3 rings (SSSR count). The standard InChI is InChI=1S/C23H20N4O2/c1-14-10-15(2)21(16(3)11-14)27-23(29)20-12-18(8-9-25-20)22(28)26-19-6-4-17(13-24)5-7-19/h4-12H,1-3H3,(H,26,28)(H,27,29). The average Bonchev–Trinajstić information content (AvgIpc) is 2.71. The molecule has 2 amide bonds. The highest BCUT2D eigenvalue weighted by atomic mass is 16.2. The third kappa shape index (κ3) is 4.66. The van der Waals surface area contributed by atoms with E-state index in [9.17, 15) is 9.59 Å². The molecule has 0 fully saturated rings. The molecule has 6 nitrogen and oxygen atoms in total. The molecule has 0 radical (unpaired) electrons. The van der Waals surface area contributed by atoms with Crippen LogP contribution in [0.5, 0.6) is 0 Å². The first-order valence-electron chi connectivity index (χ1n) is 9.04. The first kappa shape index (κ1) is 19.8. The van der Waals surface area contributed by atoms with E-state index in [2.05, 4.69) is 15.6 Å². The number of nitrogens with zero attached hydrogens (tertiary/aromatic N) is 2. The van der Waals surface area contributed by atoms with E-state index >= 15 is 0 Å². The third-order valence-corrected chi connectivity index (χ3v) is 4.44. The molecule has 0 saturated heterocycles. The first-order valence-corrected chi connectivity index (χ1v) is 9.04. The van der Waals surface area contributed by atoms with Gasteiger partial charge < -0.3 is 10.6 Å². The molecule has 0 aliphatic rings. The van der Waals surface area contributed by atoms with Crippen molar-refractivity contribution in [1.82, 2.24) is 4.98 Å². The second-order valence-corrected chi connectivity index (χ2v) is 6.80. The van der Waals surface area contributed by atoms with Gasteiger partial charge in [-0.05, 0) is 68.3 Å². The zero-order valence-corrected chi connectivity index (χ0v) is 16.4. The van der Waals surface area contributed by atoms with Crippen LogP contribution < -0.4 is 10.6 Å². The van der Waals surface area contributed by atoms with Gasteiger partial charge >= 0.3 is 0 Å². The molecule has 0 aliphatic heterocycles. The normalized spacial score (nSPS) is 10.1.